The molecule has 1 aromatic heterocycles. The number of nitrogens with one attached hydrogen (secondary N) is 2. The largest absolute Gasteiger partial charge is 0.371 e. The first-order valence-corrected chi connectivity index (χ1v) is 8.96. The van der Waals surface area contributed by atoms with Crippen LogP contribution in [0, 0.1) is 16.0 Å². The van der Waals surface area contributed by atoms with E-state index in [1.54, 1.807) is 18.3 Å². The molecule has 0 aliphatic heterocycles. The van der Waals surface area contributed by atoms with Crippen LogP contribution in [0.2, 0.25) is 0 Å². The van der Waals surface area contributed by atoms with Crippen molar-refractivity contribution in [3.63, 3.8) is 0 Å². The van der Waals surface area contributed by atoms with E-state index >= 15 is 0 Å². The van der Waals surface area contributed by atoms with E-state index in [1.165, 1.54) is 6.07 Å². The van der Waals surface area contributed by atoms with Gasteiger partial charge in [0.25, 0.3) is 11.6 Å². The van der Waals surface area contributed by atoms with Gasteiger partial charge in [0.1, 0.15) is 5.69 Å². The Labute approximate surface area is 181 Å². The fourth-order valence-corrected chi connectivity index (χ4v) is 3.00. The zero-order chi connectivity index (χ0) is 19.4. The lowest BCUT2D eigenvalue weighted by molar-refractivity contribution is -0.384. The fraction of sp³-hybridized carbons (Fsp3) is 0.368. The van der Waals surface area contributed by atoms with Gasteiger partial charge in [-0.15, -0.1) is 24.8 Å². The van der Waals surface area contributed by atoms with Crippen LogP contribution in [0.5, 0.6) is 0 Å². The normalized spacial score (nSPS) is 14.6. The van der Waals surface area contributed by atoms with E-state index in [-0.39, 0.29) is 54.1 Å². The second kappa shape index (κ2) is 10.9. The molecule has 0 saturated heterocycles. The van der Waals surface area contributed by atoms with Gasteiger partial charge < -0.3 is 16.4 Å². The van der Waals surface area contributed by atoms with E-state index in [1.807, 2.05) is 25.1 Å². The maximum absolute atomic E-state index is 12.5. The highest BCUT2D eigenvalue weighted by molar-refractivity contribution is 5.96. The Hall–Kier alpha value is -2.42. The molecule has 2 atom stereocenters. The molecule has 0 radical (unpaired) electrons. The van der Waals surface area contributed by atoms with Crippen LogP contribution < -0.4 is 16.4 Å². The Kier molecular flexibility index (Phi) is 9.29. The summed E-state index contributed by atoms with van der Waals surface area (Å²) in [5.41, 5.74) is 6.92. The minimum atomic E-state index is -0.494. The van der Waals surface area contributed by atoms with E-state index in [4.69, 9.17) is 5.73 Å². The van der Waals surface area contributed by atoms with Gasteiger partial charge in [0, 0.05) is 30.4 Å². The molecule has 1 fully saturated rings. The topological polar surface area (TPSA) is 123 Å². The van der Waals surface area contributed by atoms with Gasteiger partial charge in [-0.2, -0.15) is 0 Å². The Balaban J connectivity index is 0.00000210. The van der Waals surface area contributed by atoms with Gasteiger partial charge in [0.2, 0.25) is 0 Å². The molecule has 0 bridgehead atoms. The summed E-state index contributed by atoms with van der Waals surface area (Å²) >= 11 is 0. The maximum atomic E-state index is 12.5. The molecular formula is C19H25Cl2N5O3. The van der Waals surface area contributed by atoms with E-state index in [0.29, 0.717) is 18.2 Å². The van der Waals surface area contributed by atoms with Crippen LogP contribution in [-0.2, 0) is 0 Å². The molecule has 1 saturated carbocycles. The van der Waals surface area contributed by atoms with Crippen LogP contribution in [0.15, 0.2) is 42.6 Å². The number of anilines is 1. The number of benzene rings is 1. The summed E-state index contributed by atoms with van der Waals surface area (Å²) in [7, 11) is 0. The number of nitro groups is 1. The first kappa shape index (κ1) is 24.6. The molecule has 2 aromatic rings. The molecule has 1 aromatic carbocycles. The minimum absolute atomic E-state index is 0. The van der Waals surface area contributed by atoms with Gasteiger partial charge in [-0.1, -0.05) is 6.07 Å². The third-order valence-corrected chi connectivity index (χ3v) is 4.72. The molecule has 1 aliphatic carbocycles. The molecule has 1 heterocycles. The summed E-state index contributed by atoms with van der Waals surface area (Å²) in [6.07, 6.45) is 3.77. The molecule has 1 aliphatic rings. The standard InChI is InChI=1S/C19H23N5O3.2ClH/c1-12(15-4-2-3-9-21-15)22-16-8-7-14(10-18(16)24(26)27)19(25)23-17(11-20)13-5-6-13;;/h2-4,7-10,12-13,17,22H,5-6,11,20H2,1H3,(H,23,25);2*1H. The maximum Gasteiger partial charge on any atom is 0.293 e. The molecule has 158 valence electrons. The Morgan fingerprint density at radius 3 is 2.59 bits per heavy atom. The van der Waals surface area contributed by atoms with Crippen LogP contribution in [-0.4, -0.2) is 28.4 Å². The monoisotopic (exact) mass is 441 g/mol. The van der Waals surface area contributed by atoms with Gasteiger partial charge >= 0.3 is 0 Å². The average Bonchev–Trinajstić information content (AvgIpc) is 3.51. The van der Waals surface area contributed by atoms with E-state index in [9.17, 15) is 14.9 Å². The molecule has 4 N–H and O–H groups in total. The second-order valence-corrected chi connectivity index (χ2v) is 6.76. The lowest BCUT2D eigenvalue weighted by Gasteiger charge is -2.17. The van der Waals surface area contributed by atoms with Crippen LogP contribution in [0.25, 0.3) is 0 Å². The predicted molar refractivity (Wildman–Crippen MR) is 117 cm³/mol. The van der Waals surface area contributed by atoms with Crippen LogP contribution in [0.4, 0.5) is 11.4 Å². The van der Waals surface area contributed by atoms with Gasteiger partial charge in [-0.05, 0) is 49.9 Å². The quantitative estimate of drug-likeness (QED) is 0.425. The van der Waals surface area contributed by atoms with Crippen LogP contribution in [0.3, 0.4) is 0 Å². The number of hydrogen-bond acceptors (Lipinski definition) is 6. The van der Waals surface area contributed by atoms with E-state index in [0.717, 1.165) is 18.5 Å². The number of hydrogen-bond donors (Lipinski definition) is 3. The third kappa shape index (κ3) is 6.28. The number of nitrogens with two attached hydrogens (primary N) is 1. The number of carbonyl (C=O) groups excluding carboxylic acids is 1. The van der Waals surface area contributed by atoms with Crippen molar-refractivity contribution in [1.82, 2.24) is 10.3 Å². The van der Waals surface area contributed by atoms with Crippen molar-refractivity contribution in [3.05, 3.63) is 64.0 Å². The number of rotatable bonds is 8. The van der Waals surface area contributed by atoms with Crippen molar-refractivity contribution in [2.24, 2.45) is 11.7 Å². The van der Waals surface area contributed by atoms with Crippen molar-refractivity contribution in [2.45, 2.75) is 31.8 Å². The van der Waals surface area contributed by atoms with Crippen molar-refractivity contribution in [3.8, 4) is 0 Å². The third-order valence-electron chi connectivity index (χ3n) is 4.72. The number of carbonyl (C=O) groups is 1. The number of aromatic nitrogens is 1. The fourth-order valence-electron chi connectivity index (χ4n) is 3.00. The number of nitrogens with zero attached hydrogens (tertiary/aromatic N) is 2. The number of amides is 1. The predicted octanol–water partition coefficient (Wildman–Crippen LogP) is 3.47. The lowest BCUT2D eigenvalue weighted by Crippen LogP contribution is -2.41. The van der Waals surface area contributed by atoms with Crippen molar-refractivity contribution < 1.29 is 9.72 Å². The summed E-state index contributed by atoms with van der Waals surface area (Å²) in [4.78, 5) is 27.7. The molecule has 8 nitrogen and oxygen atoms in total. The van der Waals surface area contributed by atoms with E-state index < -0.39 is 4.92 Å². The first-order chi connectivity index (χ1) is 13.0. The number of pyridine rings is 1. The Morgan fingerprint density at radius 2 is 2.03 bits per heavy atom. The highest BCUT2D eigenvalue weighted by Gasteiger charge is 2.31. The van der Waals surface area contributed by atoms with Crippen molar-refractivity contribution in [2.75, 3.05) is 11.9 Å². The zero-order valence-electron chi connectivity index (χ0n) is 15.9. The molecule has 29 heavy (non-hydrogen) atoms. The number of nitro benzene ring substituents is 1. The first-order valence-electron chi connectivity index (χ1n) is 8.96. The van der Waals surface area contributed by atoms with Gasteiger partial charge in [-0.3, -0.25) is 19.9 Å². The van der Waals surface area contributed by atoms with Crippen molar-refractivity contribution in [1.29, 1.82) is 0 Å². The van der Waals surface area contributed by atoms with Gasteiger partial charge in [0.05, 0.1) is 16.7 Å². The smallest absolute Gasteiger partial charge is 0.293 e. The Morgan fingerprint density at radius 1 is 1.31 bits per heavy atom. The minimum Gasteiger partial charge on any atom is -0.371 e. The van der Waals surface area contributed by atoms with Crippen LogP contribution in [0.1, 0.15) is 41.9 Å². The average molecular weight is 442 g/mol. The molecule has 3 rings (SSSR count). The molecule has 1 amide bonds. The molecular weight excluding hydrogens is 417 g/mol. The SMILES string of the molecule is CC(Nc1ccc(C(=O)NC(CN)C2CC2)cc1[N+](=O)[O-])c1ccccn1.Cl.Cl. The molecule has 2 unspecified atom stereocenters. The highest BCUT2D eigenvalue weighted by Crippen LogP contribution is 2.33. The van der Waals surface area contributed by atoms with Crippen molar-refractivity contribution >= 4 is 42.1 Å². The summed E-state index contributed by atoms with van der Waals surface area (Å²) in [5.74, 6) is 0.0684. The summed E-state index contributed by atoms with van der Waals surface area (Å²) in [6.45, 7) is 2.23. The Bertz CT molecular complexity index is 834. The van der Waals surface area contributed by atoms with Gasteiger partial charge in [-0.25, -0.2) is 0 Å². The lowest BCUT2D eigenvalue weighted by atomic mass is 10.1. The zero-order valence-corrected chi connectivity index (χ0v) is 17.5. The van der Waals surface area contributed by atoms with Gasteiger partial charge in [0.15, 0.2) is 0 Å². The number of halogens is 2. The van der Waals surface area contributed by atoms with E-state index in [2.05, 4.69) is 15.6 Å². The summed E-state index contributed by atoms with van der Waals surface area (Å²) < 4.78 is 0. The summed E-state index contributed by atoms with van der Waals surface area (Å²) in [6, 6.07) is 9.63. The van der Waals surface area contributed by atoms with Crippen LogP contribution >= 0.6 is 24.8 Å². The molecule has 0 spiro atoms. The molecule has 10 heteroatoms. The second-order valence-electron chi connectivity index (χ2n) is 6.76. The summed E-state index contributed by atoms with van der Waals surface area (Å²) in [5, 5.41) is 17.5. The highest BCUT2D eigenvalue weighted by atomic mass is 35.5.